The normalized spacial score (nSPS) is 22.3. The lowest BCUT2D eigenvalue weighted by atomic mass is 9.74. The quantitative estimate of drug-likeness (QED) is 0.473. The predicted octanol–water partition coefficient (Wildman–Crippen LogP) is 3.62. The molecule has 31 heavy (non-hydrogen) atoms. The SMILES string of the molecule is CCC(Nc1nc(N)nc(Nc2ccc(OC)c(F)c2)n1)(C1C=CCC1)C1CCCN1. The Balaban J connectivity index is 1.61. The van der Waals surface area contributed by atoms with Gasteiger partial charge in [-0.3, -0.25) is 0 Å². The minimum atomic E-state index is -0.474. The molecule has 0 amide bonds. The van der Waals surface area contributed by atoms with Crippen molar-refractivity contribution in [2.24, 2.45) is 5.92 Å². The molecule has 0 saturated carbocycles. The van der Waals surface area contributed by atoms with E-state index in [1.165, 1.54) is 13.2 Å². The van der Waals surface area contributed by atoms with Crippen LogP contribution in [0.3, 0.4) is 0 Å². The Bertz CT molecular complexity index is 947. The van der Waals surface area contributed by atoms with Crippen LogP contribution in [0.25, 0.3) is 0 Å². The molecule has 5 N–H and O–H groups in total. The van der Waals surface area contributed by atoms with Crippen molar-refractivity contribution in [2.75, 3.05) is 30.0 Å². The number of nitrogens with one attached hydrogen (secondary N) is 3. The number of nitrogens with two attached hydrogens (primary N) is 1. The second-order valence-electron chi connectivity index (χ2n) is 8.10. The molecule has 1 aromatic carbocycles. The molecule has 0 radical (unpaired) electrons. The first-order valence-corrected chi connectivity index (χ1v) is 10.8. The van der Waals surface area contributed by atoms with E-state index in [9.17, 15) is 4.39 Å². The van der Waals surface area contributed by atoms with Crippen LogP contribution in [0.2, 0.25) is 0 Å². The van der Waals surface area contributed by atoms with Crippen molar-refractivity contribution >= 4 is 23.5 Å². The molecule has 1 aliphatic heterocycles. The van der Waals surface area contributed by atoms with Gasteiger partial charge in [0.2, 0.25) is 17.8 Å². The van der Waals surface area contributed by atoms with E-state index in [0.717, 1.165) is 38.6 Å². The number of allylic oxidation sites excluding steroid dienone is 1. The van der Waals surface area contributed by atoms with Crippen LogP contribution < -0.4 is 26.4 Å². The number of methoxy groups -OCH3 is 1. The third-order valence-corrected chi connectivity index (χ3v) is 6.35. The fraction of sp³-hybridized carbons (Fsp3) is 0.500. The number of nitrogen functional groups attached to an aromatic ring is 1. The number of rotatable bonds is 8. The Labute approximate surface area is 181 Å². The van der Waals surface area contributed by atoms with Gasteiger partial charge >= 0.3 is 0 Å². The average Bonchev–Trinajstić information content (AvgIpc) is 3.47. The third kappa shape index (κ3) is 4.41. The second-order valence-corrected chi connectivity index (χ2v) is 8.10. The van der Waals surface area contributed by atoms with Gasteiger partial charge in [0.1, 0.15) is 0 Å². The summed E-state index contributed by atoms with van der Waals surface area (Å²) in [6, 6.07) is 4.88. The summed E-state index contributed by atoms with van der Waals surface area (Å²) < 4.78 is 19.0. The number of hydrogen-bond donors (Lipinski definition) is 4. The molecule has 2 heterocycles. The van der Waals surface area contributed by atoms with Gasteiger partial charge in [0, 0.05) is 23.7 Å². The van der Waals surface area contributed by atoms with E-state index in [0.29, 0.717) is 23.6 Å². The zero-order chi connectivity index (χ0) is 21.8. The lowest BCUT2D eigenvalue weighted by Crippen LogP contribution is -2.57. The van der Waals surface area contributed by atoms with Crippen LogP contribution in [-0.4, -0.2) is 40.2 Å². The molecule has 1 fully saturated rings. The molecule has 3 unspecified atom stereocenters. The van der Waals surface area contributed by atoms with Crippen LogP contribution in [0.4, 0.5) is 27.9 Å². The van der Waals surface area contributed by atoms with Gasteiger partial charge in [-0.2, -0.15) is 15.0 Å². The highest BCUT2D eigenvalue weighted by Crippen LogP contribution is 2.39. The first kappa shape index (κ1) is 21.3. The predicted molar refractivity (Wildman–Crippen MR) is 120 cm³/mol. The minimum Gasteiger partial charge on any atom is -0.494 e. The molecule has 8 nitrogen and oxygen atoms in total. The maximum absolute atomic E-state index is 14.1. The molecular weight excluding hydrogens is 397 g/mol. The molecule has 166 valence electrons. The summed E-state index contributed by atoms with van der Waals surface area (Å²) in [6.07, 6.45) is 9.89. The smallest absolute Gasteiger partial charge is 0.233 e. The van der Waals surface area contributed by atoms with Gasteiger partial charge in [-0.1, -0.05) is 19.1 Å². The number of hydrogen-bond acceptors (Lipinski definition) is 8. The number of aromatic nitrogens is 3. The van der Waals surface area contributed by atoms with Crippen molar-refractivity contribution in [1.82, 2.24) is 20.3 Å². The topological polar surface area (TPSA) is 110 Å². The highest BCUT2D eigenvalue weighted by molar-refractivity contribution is 5.57. The molecular formula is C22H30FN7O. The van der Waals surface area contributed by atoms with Crippen LogP contribution >= 0.6 is 0 Å². The molecule has 9 heteroatoms. The second kappa shape index (κ2) is 9.05. The number of halogens is 1. The maximum Gasteiger partial charge on any atom is 0.233 e. The van der Waals surface area contributed by atoms with E-state index in [-0.39, 0.29) is 23.2 Å². The summed E-state index contributed by atoms with van der Waals surface area (Å²) >= 11 is 0. The average molecular weight is 428 g/mol. The van der Waals surface area contributed by atoms with E-state index in [2.05, 4.69) is 50.0 Å². The lowest BCUT2D eigenvalue weighted by Gasteiger charge is -2.43. The highest BCUT2D eigenvalue weighted by atomic mass is 19.1. The first-order chi connectivity index (χ1) is 15.0. The molecule has 4 rings (SSSR count). The van der Waals surface area contributed by atoms with Gasteiger partial charge in [-0.05, 0) is 50.8 Å². The van der Waals surface area contributed by atoms with Gasteiger partial charge in [-0.25, -0.2) is 4.39 Å². The minimum absolute atomic E-state index is 0.0975. The Morgan fingerprint density at radius 3 is 2.74 bits per heavy atom. The van der Waals surface area contributed by atoms with Crippen LogP contribution in [0, 0.1) is 11.7 Å². The van der Waals surface area contributed by atoms with Crippen molar-refractivity contribution in [3.05, 3.63) is 36.2 Å². The fourth-order valence-electron chi connectivity index (χ4n) is 4.81. The zero-order valence-electron chi connectivity index (χ0n) is 18.0. The van der Waals surface area contributed by atoms with Gasteiger partial charge in [0.15, 0.2) is 11.6 Å². The molecule has 1 aliphatic carbocycles. The van der Waals surface area contributed by atoms with Crippen LogP contribution in [-0.2, 0) is 0 Å². The largest absolute Gasteiger partial charge is 0.494 e. The van der Waals surface area contributed by atoms with E-state index < -0.39 is 5.82 Å². The monoisotopic (exact) mass is 427 g/mol. The van der Waals surface area contributed by atoms with E-state index >= 15 is 0 Å². The van der Waals surface area contributed by atoms with E-state index in [1.807, 2.05) is 0 Å². The third-order valence-electron chi connectivity index (χ3n) is 6.35. The van der Waals surface area contributed by atoms with Gasteiger partial charge in [0.05, 0.1) is 12.6 Å². The summed E-state index contributed by atoms with van der Waals surface area (Å²) in [4.78, 5) is 13.1. The van der Waals surface area contributed by atoms with Crippen LogP contribution in [0.5, 0.6) is 5.75 Å². The van der Waals surface area contributed by atoms with Gasteiger partial charge < -0.3 is 26.4 Å². The number of benzene rings is 1. The summed E-state index contributed by atoms with van der Waals surface area (Å²) in [5, 5.41) is 10.3. The molecule has 2 aliphatic rings. The summed E-state index contributed by atoms with van der Waals surface area (Å²) in [5.41, 5.74) is 6.26. The van der Waals surface area contributed by atoms with Crippen molar-refractivity contribution in [3.63, 3.8) is 0 Å². The Morgan fingerprint density at radius 1 is 1.26 bits per heavy atom. The molecule has 1 aromatic heterocycles. The zero-order valence-corrected chi connectivity index (χ0v) is 18.0. The number of anilines is 4. The number of nitrogens with zero attached hydrogens (tertiary/aromatic N) is 3. The molecule has 0 spiro atoms. The Morgan fingerprint density at radius 2 is 2.10 bits per heavy atom. The molecule has 0 bridgehead atoms. The summed E-state index contributed by atoms with van der Waals surface area (Å²) in [6.45, 7) is 3.21. The Hall–Kier alpha value is -2.94. The van der Waals surface area contributed by atoms with Crippen molar-refractivity contribution in [3.8, 4) is 5.75 Å². The first-order valence-electron chi connectivity index (χ1n) is 10.8. The fourth-order valence-corrected chi connectivity index (χ4v) is 4.81. The van der Waals surface area contributed by atoms with E-state index in [1.54, 1.807) is 12.1 Å². The van der Waals surface area contributed by atoms with E-state index in [4.69, 9.17) is 10.5 Å². The van der Waals surface area contributed by atoms with Crippen LogP contribution in [0.1, 0.15) is 39.0 Å². The highest BCUT2D eigenvalue weighted by Gasteiger charge is 2.45. The molecule has 1 saturated heterocycles. The lowest BCUT2D eigenvalue weighted by molar-refractivity contribution is 0.258. The van der Waals surface area contributed by atoms with Crippen molar-refractivity contribution < 1.29 is 9.13 Å². The van der Waals surface area contributed by atoms with Crippen molar-refractivity contribution in [2.45, 2.75) is 50.6 Å². The van der Waals surface area contributed by atoms with Gasteiger partial charge in [-0.15, -0.1) is 0 Å². The standard InChI is InChI=1S/C22H30FN7O/c1-3-22(14-7-4-5-8-14,18-9-6-12-25-18)30-21-28-19(24)27-20(29-21)26-15-10-11-17(31-2)16(23)13-15/h4,7,10-11,13-14,18,25H,3,5-6,8-9,12H2,1-2H3,(H4,24,26,27,28,29,30). The van der Waals surface area contributed by atoms with Crippen LogP contribution in [0.15, 0.2) is 30.4 Å². The molecule has 3 atom stereocenters. The Kier molecular flexibility index (Phi) is 6.22. The van der Waals surface area contributed by atoms with Gasteiger partial charge in [0.25, 0.3) is 0 Å². The number of ether oxygens (including phenoxy) is 1. The summed E-state index contributed by atoms with van der Waals surface area (Å²) in [5.74, 6) is 0.840. The molecule has 2 aromatic rings. The summed E-state index contributed by atoms with van der Waals surface area (Å²) in [7, 11) is 1.43. The van der Waals surface area contributed by atoms with Crippen molar-refractivity contribution in [1.29, 1.82) is 0 Å². The maximum atomic E-state index is 14.1.